The first kappa shape index (κ1) is 86.7. The first-order chi connectivity index (χ1) is 46.5. The molecule has 0 saturated heterocycles. The van der Waals surface area contributed by atoms with Crippen molar-refractivity contribution in [3.05, 3.63) is 116 Å². The second-order valence-corrected chi connectivity index (χ2v) is 26.8. The number of hydrogen-bond donors (Lipinski definition) is 1. The maximum absolute atomic E-state index is 15.4. The molecule has 22 heteroatoms. The Morgan fingerprint density at radius 2 is 0.268 bits per heavy atom. The topological polar surface area (TPSA) is 4.44 Å². The summed E-state index contributed by atoms with van der Waals surface area (Å²) in [7, 11) is 2.44. The number of rotatable bonds is 52. The van der Waals surface area contributed by atoms with Crippen LogP contribution in [0.25, 0.3) is 0 Å². The van der Waals surface area contributed by atoms with Gasteiger partial charge in [-0.1, -0.05) is 284 Å². The molecule has 554 valence electrons. The minimum absolute atomic E-state index is 1.37. The van der Waals surface area contributed by atoms with E-state index < -0.39 is 144 Å². The van der Waals surface area contributed by atoms with E-state index in [1.165, 1.54) is 308 Å². The molecule has 0 heterocycles. The Balaban J connectivity index is 0.000000509. The lowest BCUT2D eigenvalue weighted by molar-refractivity contribution is -0.880. The predicted octanol–water partition coefficient (Wildman–Crippen LogP) is 23.3. The number of nitrogens with one attached hydrogen (secondary N) is 1. The minimum Gasteiger partial charge on any atom is -0.337 e. The molecule has 1 nitrogen and oxygen atoms in total. The summed E-state index contributed by atoms with van der Waals surface area (Å²) in [4.78, 5) is 1.78. The molecule has 0 atom stereocenters. The molecular weight excluding hydrogens is 1310 g/mol. The molecule has 0 fully saturated rings. The highest BCUT2D eigenvalue weighted by Crippen LogP contribution is 2.32. The number of hydrogen-bond acceptors (Lipinski definition) is 0. The van der Waals surface area contributed by atoms with Gasteiger partial charge in [0.15, 0.2) is 69.8 Å². The van der Waals surface area contributed by atoms with E-state index in [4.69, 9.17) is 0 Å². The molecule has 0 aliphatic carbocycles. The molecule has 0 aromatic heterocycles. The summed E-state index contributed by atoms with van der Waals surface area (Å²) in [6.07, 6.45) is 60.8. The van der Waals surface area contributed by atoms with Crippen molar-refractivity contribution in [1.82, 2.24) is 0 Å². The lowest BCUT2D eigenvalue weighted by Gasteiger charge is -2.44. The van der Waals surface area contributed by atoms with Crippen LogP contribution >= 0.6 is 0 Å². The van der Waals surface area contributed by atoms with Crippen molar-refractivity contribution < 1.29 is 92.7 Å². The van der Waals surface area contributed by atoms with Crippen molar-refractivity contribution in [2.24, 2.45) is 0 Å². The monoisotopic (exact) mass is 1410 g/mol. The number of quaternary nitrogens is 1. The molecular formula is C75H106BF20N. The number of halogens is 20. The predicted molar refractivity (Wildman–Crippen MR) is 350 cm³/mol. The zero-order chi connectivity index (χ0) is 71.9. The van der Waals surface area contributed by atoms with E-state index in [0.29, 0.717) is 0 Å². The van der Waals surface area contributed by atoms with Gasteiger partial charge in [0.1, 0.15) is 52.7 Å². The van der Waals surface area contributed by atoms with Gasteiger partial charge in [-0.3, -0.25) is 0 Å². The number of benzene rings is 4. The first-order valence-corrected chi connectivity index (χ1v) is 36.6. The Hall–Kier alpha value is -4.50. The zero-order valence-electron chi connectivity index (χ0n) is 57.6. The van der Waals surface area contributed by atoms with Gasteiger partial charge in [0, 0.05) is 0 Å². The van der Waals surface area contributed by atoms with Crippen LogP contribution in [0.2, 0.25) is 0 Å². The molecule has 0 amide bonds. The van der Waals surface area contributed by atoms with Crippen LogP contribution in [-0.2, 0) is 0 Å². The van der Waals surface area contributed by atoms with Crippen LogP contribution < -0.4 is 26.8 Å². The zero-order valence-corrected chi connectivity index (χ0v) is 57.6. The maximum atomic E-state index is 15.4. The van der Waals surface area contributed by atoms with E-state index >= 15 is 35.1 Å². The van der Waals surface area contributed by atoms with Crippen molar-refractivity contribution in [2.45, 2.75) is 309 Å². The SMILES string of the molecule is CCCCCCCCCCCCCCCCCCCCCCCCC[NH+](C)CCCCCCCCCCCCCCCCCCCCCCCCC.Fc1c(F)c(F)c([B-](c2c(F)c(F)c(F)c(F)c2F)(c2c(F)c(F)c(F)c(F)c2F)c2c(F)c(F)c(F)c(F)c2F)c(F)c1F. The summed E-state index contributed by atoms with van der Waals surface area (Å²) in [5, 5.41) is 0. The van der Waals surface area contributed by atoms with E-state index in [2.05, 4.69) is 20.9 Å². The average Bonchev–Trinajstić information content (AvgIpc) is 0.684. The standard InChI is InChI=1S/C51H105N.C24BF20/c1-4-6-8-10-12-14-16-18-20-22-24-26-28-30-32-34-36-38-40-42-44-46-48-50-52(3)51-49-47-45-43-41-39-37-35-33-31-29-27-25-23-21-19-17-15-13-11-9-7-5-2;26-5-1(6(27)14(35)21(42)13(5)34)25(2-7(28)15(36)22(43)16(37)8(2)29,3-9(30)17(38)23(44)18(39)10(3)31)4-11(32)19(40)24(45)20(41)12(4)33/h4-51H2,1-3H3;/q;-1/p+1. The smallest absolute Gasteiger partial charge is 0.200 e. The Labute approximate surface area is 564 Å². The Bertz CT molecular complexity index is 2450. The van der Waals surface area contributed by atoms with Gasteiger partial charge in [0.05, 0.1) is 20.1 Å². The number of unbranched alkanes of at least 4 members (excludes halogenated alkanes) is 44. The average molecular weight is 1410 g/mol. The molecule has 0 aliphatic heterocycles. The van der Waals surface area contributed by atoms with Gasteiger partial charge in [0.2, 0.25) is 0 Å². The second kappa shape index (κ2) is 48.4. The molecule has 4 aromatic carbocycles. The Morgan fingerprint density at radius 1 is 0.165 bits per heavy atom. The van der Waals surface area contributed by atoms with Crippen LogP contribution in [0.4, 0.5) is 87.8 Å². The molecule has 0 radical (unpaired) electrons. The van der Waals surface area contributed by atoms with Crippen LogP contribution in [0, 0.1) is 116 Å². The summed E-state index contributed by atoms with van der Waals surface area (Å²) in [6.45, 7) is 7.43. The third kappa shape index (κ3) is 26.8. The van der Waals surface area contributed by atoms with Gasteiger partial charge in [-0.15, -0.1) is 21.9 Å². The molecule has 0 saturated carbocycles. The fourth-order valence-electron chi connectivity index (χ4n) is 13.4. The van der Waals surface area contributed by atoms with Crippen LogP contribution in [0.3, 0.4) is 0 Å². The van der Waals surface area contributed by atoms with E-state index in [9.17, 15) is 52.7 Å². The van der Waals surface area contributed by atoms with Crippen molar-refractivity contribution in [1.29, 1.82) is 0 Å². The van der Waals surface area contributed by atoms with Crippen molar-refractivity contribution in [3.8, 4) is 0 Å². The molecule has 0 bridgehead atoms. The van der Waals surface area contributed by atoms with Gasteiger partial charge in [-0.25, -0.2) is 87.8 Å². The van der Waals surface area contributed by atoms with Gasteiger partial charge >= 0.3 is 0 Å². The molecule has 0 unspecified atom stereocenters. The quantitative estimate of drug-likeness (QED) is 0.0148. The van der Waals surface area contributed by atoms with Crippen molar-refractivity contribution in [2.75, 3.05) is 20.1 Å². The summed E-state index contributed by atoms with van der Waals surface area (Å²) < 4.78 is 294. The largest absolute Gasteiger partial charge is 0.337 e. The van der Waals surface area contributed by atoms with Crippen molar-refractivity contribution in [3.63, 3.8) is 0 Å². The fourth-order valence-corrected chi connectivity index (χ4v) is 13.4. The molecule has 4 aromatic rings. The van der Waals surface area contributed by atoms with Gasteiger partial charge < -0.3 is 4.90 Å². The molecule has 1 N–H and O–H groups in total. The van der Waals surface area contributed by atoms with Crippen molar-refractivity contribution >= 4 is 28.0 Å². The Kier molecular flexibility index (Phi) is 43.2. The maximum Gasteiger partial charge on any atom is 0.200 e. The lowest BCUT2D eigenvalue weighted by atomic mass is 9.12. The highest BCUT2D eigenvalue weighted by molar-refractivity contribution is 7.20. The van der Waals surface area contributed by atoms with Crippen LogP contribution in [-0.4, -0.2) is 26.3 Å². The first-order valence-electron chi connectivity index (χ1n) is 36.6. The second-order valence-electron chi connectivity index (χ2n) is 26.8. The third-order valence-corrected chi connectivity index (χ3v) is 19.1. The third-order valence-electron chi connectivity index (χ3n) is 19.1. The molecule has 4 rings (SSSR count). The van der Waals surface area contributed by atoms with E-state index in [0.717, 1.165) is 0 Å². The van der Waals surface area contributed by atoms with E-state index in [1.54, 1.807) is 4.90 Å². The molecule has 0 aliphatic rings. The minimum atomic E-state index is -7.22. The van der Waals surface area contributed by atoms with E-state index in [1.807, 2.05) is 0 Å². The molecule has 0 spiro atoms. The summed E-state index contributed by atoms with van der Waals surface area (Å²) in [6, 6.07) is 0. The summed E-state index contributed by atoms with van der Waals surface area (Å²) >= 11 is 0. The van der Waals surface area contributed by atoms with Crippen LogP contribution in [0.1, 0.15) is 309 Å². The highest BCUT2D eigenvalue weighted by Gasteiger charge is 2.52. The normalized spacial score (nSPS) is 11.9. The van der Waals surface area contributed by atoms with E-state index in [-0.39, 0.29) is 0 Å². The van der Waals surface area contributed by atoms with Crippen LogP contribution in [0.15, 0.2) is 0 Å². The fraction of sp³-hybridized carbons (Fsp3) is 0.680. The van der Waals surface area contributed by atoms with Gasteiger partial charge in [-0.2, -0.15) is 0 Å². The molecule has 97 heavy (non-hydrogen) atoms. The highest BCUT2D eigenvalue weighted by atomic mass is 19.2. The van der Waals surface area contributed by atoms with Crippen LogP contribution in [0.5, 0.6) is 0 Å². The summed E-state index contributed by atoms with van der Waals surface area (Å²) in [5.41, 5.74) is -14.3. The van der Waals surface area contributed by atoms with Gasteiger partial charge in [0.25, 0.3) is 0 Å². The summed E-state index contributed by atoms with van der Waals surface area (Å²) in [5.74, 6) is -71.4. The lowest BCUT2D eigenvalue weighted by Crippen LogP contribution is -3.09. The Morgan fingerprint density at radius 3 is 0.392 bits per heavy atom. The van der Waals surface area contributed by atoms with Gasteiger partial charge in [-0.05, 0) is 25.7 Å².